The first-order valence-electron chi connectivity index (χ1n) is 8.72. The molecular formula is C22H34O2. The minimum Gasteiger partial charge on any atom is -0.466 e. The fourth-order valence-corrected chi connectivity index (χ4v) is 2.68. The molecular weight excluding hydrogens is 296 g/mol. The van der Waals surface area contributed by atoms with Crippen LogP contribution in [0.4, 0.5) is 0 Å². The molecule has 0 heterocycles. The number of rotatable bonds is 2. The predicted octanol–water partition coefficient (Wildman–Crippen LogP) is 6.26. The number of hydrogen-bond donors (Lipinski definition) is 0. The second-order valence-electron chi connectivity index (χ2n) is 6.98. The van der Waals surface area contributed by atoms with Crippen molar-refractivity contribution in [1.82, 2.24) is 0 Å². The van der Waals surface area contributed by atoms with Gasteiger partial charge in [0.15, 0.2) is 0 Å². The fraction of sp³-hybridized carbons (Fsp3) is 0.500. The summed E-state index contributed by atoms with van der Waals surface area (Å²) in [5, 5.41) is 0. The van der Waals surface area contributed by atoms with Crippen molar-refractivity contribution >= 4 is 5.97 Å². The number of carbonyl (C=O) groups is 1. The lowest BCUT2D eigenvalue weighted by Gasteiger charge is -2.29. The Morgan fingerprint density at radius 1 is 1.12 bits per heavy atom. The average Bonchev–Trinajstić information content (AvgIpc) is 2.47. The second kappa shape index (κ2) is 11.7. The maximum absolute atomic E-state index is 10.2. The minimum atomic E-state index is -0.123. The molecule has 1 aliphatic carbocycles. The standard InChI is InChI=1S/C10H16.C7H8.C5H10O2/c1-8-5-9(2)7-10(3,4)6-8;1-7-5-3-2-4-6-7;1-3-5(6)7-4-2/h5H,1,6-7H2,2-4H3;2-6H,1H3;3-4H2,1-2H3. The molecule has 134 valence electrons. The van der Waals surface area contributed by atoms with E-state index in [0.29, 0.717) is 18.4 Å². The molecule has 0 bridgehead atoms. The van der Waals surface area contributed by atoms with Crippen molar-refractivity contribution in [2.75, 3.05) is 6.61 Å². The molecule has 1 aromatic carbocycles. The number of allylic oxidation sites excluding steroid dienone is 3. The monoisotopic (exact) mass is 330 g/mol. The van der Waals surface area contributed by atoms with E-state index < -0.39 is 0 Å². The Bertz CT molecular complexity index is 524. The zero-order valence-electron chi connectivity index (χ0n) is 16.3. The summed E-state index contributed by atoms with van der Waals surface area (Å²) in [7, 11) is 0. The van der Waals surface area contributed by atoms with Gasteiger partial charge in [-0.05, 0) is 39.0 Å². The second-order valence-corrected chi connectivity index (χ2v) is 6.98. The van der Waals surface area contributed by atoms with Gasteiger partial charge < -0.3 is 4.74 Å². The molecule has 0 N–H and O–H groups in total. The van der Waals surface area contributed by atoms with Gasteiger partial charge in [-0.2, -0.15) is 0 Å². The third-order valence-electron chi connectivity index (χ3n) is 3.45. The van der Waals surface area contributed by atoms with Gasteiger partial charge >= 0.3 is 5.97 Å². The van der Waals surface area contributed by atoms with Crippen LogP contribution in [0.25, 0.3) is 0 Å². The van der Waals surface area contributed by atoms with E-state index in [-0.39, 0.29) is 5.97 Å². The SMILES string of the molecule is C=C1C=C(C)CC(C)(C)C1.CCOC(=O)CC.Cc1ccccc1. The summed E-state index contributed by atoms with van der Waals surface area (Å²) in [6, 6.07) is 10.3. The lowest BCUT2D eigenvalue weighted by Crippen LogP contribution is -2.15. The zero-order valence-corrected chi connectivity index (χ0v) is 16.3. The van der Waals surface area contributed by atoms with Gasteiger partial charge in [0.1, 0.15) is 0 Å². The van der Waals surface area contributed by atoms with Gasteiger partial charge in [-0.15, -0.1) is 0 Å². The zero-order chi connectivity index (χ0) is 18.6. The highest BCUT2D eigenvalue weighted by molar-refractivity contribution is 5.68. The van der Waals surface area contributed by atoms with E-state index in [2.05, 4.69) is 57.2 Å². The number of hydrogen-bond acceptors (Lipinski definition) is 2. The van der Waals surface area contributed by atoms with Gasteiger partial charge in [0, 0.05) is 6.42 Å². The Morgan fingerprint density at radius 3 is 2.00 bits per heavy atom. The van der Waals surface area contributed by atoms with Crippen LogP contribution in [0.1, 0.15) is 59.4 Å². The van der Waals surface area contributed by atoms with Gasteiger partial charge in [0.2, 0.25) is 0 Å². The lowest BCUT2D eigenvalue weighted by molar-refractivity contribution is -0.142. The number of carbonyl (C=O) groups excluding carboxylic acids is 1. The topological polar surface area (TPSA) is 26.3 Å². The van der Waals surface area contributed by atoms with Gasteiger partial charge in [-0.25, -0.2) is 0 Å². The van der Waals surface area contributed by atoms with Crippen molar-refractivity contribution in [2.45, 2.75) is 60.8 Å². The van der Waals surface area contributed by atoms with Crippen LogP contribution in [-0.4, -0.2) is 12.6 Å². The maximum Gasteiger partial charge on any atom is 0.305 e. The first-order chi connectivity index (χ1) is 11.2. The Kier molecular flexibility index (Phi) is 10.8. The summed E-state index contributed by atoms with van der Waals surface area (Å²) in [5.74, 6) is -0.123. The van der Waals surface area contributed by atoms with Crippen LogP contribution in [-0.2, 0) is 9.53 Å². The molecule has 24 heavy (non-hydrogen) atoms. The molecule has 2 heteroatoms. The summed E-state index contributed by atoms with van der Waals surface area (Å²) >= 11 is 0. The Labute approximate surface area is 148 Å². The molecule has 1 aromatic rings. The number of aryl methyl sites for hydroxylation is 1. The molecule has 0 fully saturated rings. The molecule has 0 radical (unpaired) electrons. The van der Waals surface area contributed by atoms with Crippen LogP contribution in [0.5, 0.6) is 0 Å². The minimum absolute atomic E-state index is 0.123. The van der Waals surface area contributed by atoms with E-state index >= 15 is 0 Å². The summed E-state index contributed by atoms with van der Waals surface area (Å²) in [6.45, 7) is 16.9. The van der Waals surface area contributed by atoms with Crippen molar-refractivity contribution in [3.63, 3.8) is 0 Å². The summed E-state index contributed by atoms with van der Waals surface area (Å²) in [4.78, 5) is 10.2. The van der Waals surface area contributed by atoms with Crippen molar-refractivity contribution in [2.24, 2.45) is 5.41 Å². The quantitative estimate of drug-likeness (QED) is 0.598. The molecule has 0 aromatic heterocycles. The Morgan fingerprint density at radius 2 is 1.71 bits per heavy atom. The van der Waals surface area contributed by atoms with Crippen molar-refractivity contribution in [1.29, 1.82) is 0 Å². The van der Waals surface area contributed by atoms with E-state index in [9.17, 15) is 4.79 Å². The smallest absolute Gasteiger partial charge is 0.305 e. The molecule has 0 unspecified atom stereocenters. The van der Waals surface area contributed by atoms with Crippen molar-refractivity contribution in [3.8, 4) is 0 Å². The van der Waals surface area contributed by atoms with Crippen LogP contribution in [0, 0.1) is 12.3 Å². The summed E-state index contributed by atoms with van der Waals surface area (Å²) < 4.78 is 4.55. The van der Waals surface area contributed by atoms with E-state index in [1.54, 1.807) is 13.8 Å². The van der Waals surface area contributed by atoms with Crippen LogP contribution in [0.2, 0.25) is 0 Å². The predicted molar refractivity (Wildman–Crippen MR) is 104 cm³/mol. The Hall–Kier alpha value is -1.83. The molecule has 0 atom stereocenters. The largest absolute Gasteiger partial charge is 0.466 e. The normalized spacial score (nSPS) is 15.1. The highest BCUT2D eigenvalue weighted by Crippen LogP contribution is 2.36. The van der Waals surface area contributed by atoms with Crippen LogP contribution in [0.3, 0.4) is 0 Å². The fourth-order valence-electron chi connectivity index (χ4n) is 2.68. The van der Waals surface area contributed by atoms with Crippen molar-refractivity contribution in [3.05, 3.63) is 59.7 Å². The highest BCUT2D eigenvalue weighted by Gasteiger charge is 2.22. The van der Waals surface area contributed by atoms with E-state index in [4.69, 9.17) is 0 Å². The molecule has 2 rings (SSSR count). The molecule has 0 saturated carbocycles. The number of ether oxygens (including phenoxy) is 1. The van der Waals surface area contributed by atoms with Crippen LogP contribution in [0.15, 0.2) is 54.1 Å². The lowest BCUT2D eigenvalue weighted by atomic mass is 9.76. The van der Waals surface area contributed by atoms with Crippen LogP contribution >= 0.6 is 0 Å². The van der Waals surface area contributed by atoms with Crippen molar-refractivity contribution < 1.29 is 9.53 Å². The Balaban J connectivity index is 0.000000340. The number of esters is 1. The maximum atomic E-state index is 10.2. The average molecular weight is 331 g/mol. The van der Waals surface area contributed by atoms with Crippen LogP contribution < -0.4 is 0 Å². The first-order valence-corrected chi connectivity index (χ1v) is 8.72. The molecule has 2 nitrogen and oxygen atoms in total. The third kappa shape index (κ3) is 11.7. The van der Waals surface area contributed by atoms with E-state index in [0.717, 1.165) is 6.42 Å². The summed E-state index contributed by atoms with van der Waals surface area (Å²) in [5.41, 5.74) is 4.54. The molecule has 0 amide bonds. The van der Waals surface area contributed by atoms with Gasteiger partial charge in [-0.1, -0.05) is 80.5 Å². The number of benzene rings is 1. The molecule has 0 aliphatic heterocycles. The third-order valence-corrected chi connectivity index (χ3v) is 3.45. The first kappa shape index (κ1) is 22.2. The molecule has 0 saturated heterocycles. The van der Waals surface area contributed by atoms with Gasteiger partial charge in [-0.3, -0.25) is 4.79 Å². The van der Waals surface area contributed by atoms with Gasteiger partial charge in [0.05, 0.1) is 6.61 Å². The summed E-state index contributed by atoms with van der Waals surface area (Å²) in [6.07, 6.45) is 5.08. The highest BCUT2D eigenvalue weighted by atomic mass is 16.5. The van der Waals surface area contributed by atoms with Gasteiger partial charge in [0.25, 0.3) is 0 Å². The molecule has 1 aliphatic rings. The van der Waals surface area contributed by atoms with E-state index in [1.165, 1.54) is 23.1 Å². The van der Waals surface area contributed by atoms with E-state index in [1.807, 2.05) is 18.2 Å². The molecule has 0 spiro atoms.